The highest BCUT2D eigenvalue weighted by Gasteiger charge is 2.35. The Morgan fingerprint density at radius 3 is 2.50 bits per heavy atom. The van der Waals surface area contributed by atoms with Crippen LogP contribution in [0.3, 0.4) is 0 Å². The van der Waals surface area contributed by atoms with E-state index < -0.39 is 10.0 Å². The van der Waals surface area contributed by atoms with E-state index in [4.69, 9.17) is 0 Å². The highest BCUT2D eigenvalue weighted by molar-refractivity contribution is 7.89. The molecule has 1 aromatic heterocycles. The largest absolute Gasteiger partial charge is 0.322 e. The van der Waals surface area contributed by atoms with Crippen LogP contribution in [0.25, 0.3) is 10.9 Å². The highest BCUT2D eigenvalue weighted by Crippen LogP contribution is 2.32. The lowest BCUT2D eigenvalue weighted by molar-refractivity contribution is 0.105. The van der Waals surface area contributed by atoms with Gasteiger partial charge in [-0.15, -0.1) is 0 Å². The Morgan fingerprint density at radius 1 is 1.15 bits per heavy atom. The Hall–Kier alpha value is -1.70. The fourth-order valence-corrected chi connectivity index (χ4v) is 5.02. The SMILES string of the molecule is Cc1cc(=O)[nH]c2ccc(S(=O)(=O)NCC3(N(C)C)CCCCC3)cc12. The van der Waals surface area contributed by atoms with Gasteiger partial charge in [-0.1, -0.05) is 19.3 Å². The summed E-state index contributed by atoms with van der Waals surface area (Å²) in [7, 11) is 0.428. The number of aryl methyl sites for hydroxylation is 1. The monoisotopic (exact) mass is 377 g/mol. The number of hydrogen-bond acceptors (Lipinski definition) is 4. The minimum atomic E-state index is -3.62. The van der Waals surface area contributed by atoms with Crippen LogP contribution < -0.4 is 10.3 Å². The standard InChI is InChI=1S/C19H27N3O3S/c1-14-11-18(23)21-17-8-7-15(12-16(14)17)26(24,25)20-13-19(22(2)3)9-5-4-6-10-19/h7-8,11-12,20H,4-6,9-10,13H2,1-3H3,(H,21,23). The maximum Gasteiger partial charge on any atom is 0.248 e. The van der Waals surface area contributed by atoms with Crippen molar-refractivity contribution in [2.24, 2.45) is 0 Å². The number of aromatic amines is 1. The zero-order chi connectivity index (χ0) is 18.9. The first kappa shape index (κ1) is 19.1. The summed E-state index contributed by atoms with van der Waals surface area (Å²) < 4.78 is 28.5. The van der Waals surface area contributed by atoms with Gasteiger partial charge in [0.25, 0.3) is 0 Å². The molecule has 142 valence electrons. The predicted octanol–water partition coefficient (Wildman–Crippen LogP) is 2.38. The number of fused-ring (bicyclic) bond motifs is 1. The average molecular weight is 378 g/mol. The molecule has 6 nitrogen and oxygen atoms in total. The Balaban J connectivity index is 1.88. The smallest absolute Gasteiger partial charge is 0.248 e. The number of hydrogen-bond donors (Lipinski definition) is 2. The van der Waals surface area contributed by atoms with E-state index in [1.54, 1.807) is 18.2 Å². The zero-order valence-corrected chi connectivity index (χ0v) is 16.4. The molecule has 0 radical (unpaired) electrons. The van der Waals surface area contributed by atoms with E-state index in [0.717, 1.165) is 36.6 Å². The highest BCUT2D eigenvalue weighted by atomic mass is 32.2. The molecule has 3 rings (SSSR count). The number of pyridine rings is 1. The van der Waals surface area contributed by atoms with Crippen LogP contribution in [0.2, 0.25) is 0 Å². The van der Waals surface area contributed by atoms with Crippen LogP contribution in [0, 0.1) is 6.92 Å². The van der Waals surface area contributed by atoms with E-state index in [9.17, 15) is 13.2 Å². The maximum absolute atomic E-state index is 12.9. The molecule has 0 bridgehead atoms. The van der Waals surface area contributed by atoms with Gasteiger partial charge in [0.05, 0.1) is 4.90 Å². The van der Waals surface area contributed by atoms with E-state index in [0.29, 0.717) is 12.1 Å². The Kier molecular flexibility index (Phi) is 5.23. The molecular formula is C19H27N3O3S. The summed E-state index contributed by atoms with van der Waals surface area (Å²) in [6.45, 7) is 2.22. The van der Waals surface area contributed by atoms with Gasteiger partial charge >= 0.3 is 0 Å². The summed E-state index contributed by atoms with van der Waals surface area (Å²) in [5.74, 6) is 0. The molecule has 0 amide bonds. The Bertz CT molecular complexity index is 958. The third kappa shape index (κ3) is 3.70. The number of nitrogens with one attached hydrogen (secondary N) is 2. The van der Waals surface area contributed by atoms with Crippen molar-refractivity contribution < 1.29 is 8.42 Å². The molecule has 7 heteroatoms. The molecule has 2 N–H and O–H groups in total. The summed E-state index contributed by atoms with van der Waals surface area (Å²) in [6.07, 6.45) is 5.47. The first-order valence-corrected chi connectivity index (χ1v) is 10.5. The van der Waals surface area contributed by atoms with Gasteiger partial charge in [-0.25, -0.2) is 13.1 Å². The van der Waals surface area contributed by atoms with Gasteiger partial charge in [0.1, 0.15) is 0 Å². The molecule has 0 spiro atoms. The summed E-state index contributed by atoms with van der Waals surface area (Å²) in [4.78, 5) is 16.7. The molecule has 1 heterocycles. The van der Waals surface area contributed by atoms with Crippen molar-refractivity contribution in [3.05, 3.63) is 40.2 Å². The fourth-order valence-electron chi connectivity index (χ4n) is 3.87. The molecule has 1 fully saturated rings. The number of aromatic nitrogens is 1. The number of H-pyrrole nitrogens is 1. The second kappa shape index (κ2) is 7.13. The molecule has 26 heavy (non-hydrogen) atoms. The number of benzene rings is 1. The molecule has 2 aromatic rings. The van der Waals surface area contributed by atoms with Gasteiger partial charge in [0, 0.05) is 29.1 Å². The van der Waals surface area contributed by atoms with Crippen LogP contribution in [0.5, 0.6) is 0 Å². The van der Waals surface area contributed by atoms with Gasteiger partial charge in [0.15, 0.2) is 0 Å². The maximum atomic E-state index is 12.9. The Morgan fingerprint density at radius 2 is 1.85 bits per heavy atom. The topological polar surface area (TPSA) is 82.3 Å². The van der Waals surface area contributed by atoms with Gasteiger partial charge in [0.2, 0.25) is 15.6 Å². The van der Waals surface area contributed by atoms with Crippen molar-refractivity contribution in [2.75, 3.05) is 20.6 Å². The van der Waals surface area contributed by atoms with E-state index in [-0.39, 0.29) is 16.0 Å². The van der Waals surface area contributed by atoms with Crippen LogP contribution in [0.15, 0.2) is 34.0 Å². The first-order valence-electron chi connectivity index (χ1n) is 9.04. The molecule has 1 aromatic carbocycles. The number of nitrogens with zero attached hydrogens (tertiary/aromatic N) is 1. The number of likely N-dealkylation sites (N-methyl/N-ethyl adjacent to an activating group) is 1. The predicted molar refractivity (Wildman–Crippen MR) is 104 cm³/mol. The van der Waals surface area contributed by atoms with Gasteiger partial charge in [-0.3, -0.25) is 4.79 Å². The molecule has 0 atom stereocenters. The van der Waals surface area contributed by atoms with Crippen LogP contribution in [-0.4, -0.2) is 44.5 Å². The lowest BCUT2D eigenvalue weighted by atomic mass is 9.81. The molecule has 0 unspecified atom stereocenters. The normalized spacial score (nSPS) is 17.7. The summed E-state index contributed by atoms with van der Waals surface area (Å²) in [6, 6.07) is 6.31. The van der Waals surface area contributed by atoms with Crippen molar-refractivity contribution in [2.45, 2.75) is 49.5 Å². The first-order chi connectivity index (χ1) is 12.2. The number of sulfonamides is 1. The summed E-state index contributed by atoms with van der Waals surface area (Å²) >= 11 is 0. The van der Waals surface area contributed by atoms with Gasteiger partial charge in [-0.2, -0.15) is 0 Å². The third-order valence-corrected chi connectivity index (χ3v) is 7.05. The van der Waals surface area contributed by atoms with Crippen molar-refractivity contribution in [1.29, 1.82) is 0 Å². The van der Waals surface area contributed by atoms with Crippen molar-refractivity contribution in [3.8, 4) is 0 Å². The van der Waals surface area contributed by atoms with Gasteiger partial charge in [-0.05, 0) is 57.6 Å². The van der Waals surface area contributed by atoms with Crippen molar-refractivity contribution >= 4 is 20.9 Å². The molecule has 1 aliphatic rings. The second-order valence-corrected chi connectivity index (χ2v) is 9.29. The molecule has 1 saturated carbocycles. The molecule has 0 aliphatic heterocycles. The minimum absolute atomic E-state index is 0.122. The lowest BCUT2D eigenvalue weighted by Crippen LogP contribution is -2.53. The van der Waals surface area contributed by atoms with E-state index in [1.807, 2.05) is 21.0 Å². The van der Waals surface area contributed by atoms with Crippen LogP contribution in [-0.2, 0) is 10.0 Å². The number of rotatable bonds is 5. The van der Waals surface area contributed by atoms with Crippen molar-refractivity contribution in [1.82, 2.24) is 14.6 Å². The summed E-state index contributed by atoms with van der Waals surface area (Å²) in [5.41, 5.74) is 1.10. The second-order valence-electron chi connectivity index (χ2n) is 7.53. The van der Waals surface area contributed by atoms with Crippen LogP contribution in [0.4, 0.5) is 0 Å². The van der Waals surface area contributed by atoms with E-state index in [1.165, 1.54) is 12.5 Å². The van der Waals surface area contributed by atoms with Gasteiger partial charge < -0.3 is 9.88 Å². The third-order valence-electron chi connectivity index (χ3n) is 5.66. The molecular weight excluding hydrogens is 350 g/mol. The quantitative estimate of drug-likeness (QED) is 0.838. The molecule has 1 aliphatic carbocycles. The van der Waals surface area contributed by atoms with Crippen LogP contribution in [0.1, 0.15) is 37.7 Å². The summed E-state index contributed by atoms with van der Waals surface area (Å²) in [5, 5.41) is 0.743. The Labute approximate surface area is 154 Å². The molecule has 0 saturated heterocycles. The zero-order valence-electron chi connectivity index (χ0n) is 15.6. The fraction of sp³-hybridized carbons (Fsp3) is 0.526. The minimum Gasteiger partial charge on any atom is -0.322 e. The van der Waals surface area contributed by atoms with E-state index >= 15 is 0 Å². The van der Waals surface area contributed by atoms with Crippen LogP contribution >= 0.6 is 0 Å². The lowest BCUT2D eigenvalue weighted by Gasteiger charge is -2.43. The van der Waals surface area contributed by atoms with E-state index in [2.05, 4.69) is 14.6 Å². The average Bonchev–Trinajstić information content (AvgIpc) is 2.60. The van der Waals surface area contributed by atoms with Crippen molar-refractivity contribution in [3.63, 3.8) is 0 Å².